The number of imidazole rings is 2. The van der Waals surface area contributed by atoms with E-state index >= 15 is 0 Å². The number of nitrogens with one attached hydrogen (secondary N) is 4. The molecular weight excluding hydrogens is 1630 g/mol. The lowest BCUT2D eigenvalue weighted by atomic mass is 9.87. The number of fused-ring (bicyclic) bond motifs is 2. The largest absolute Gasteiger partial charge is 0.481 e. The Morgan fingerprint density at radius 3 is 1.24 bits per heavy atom. The van der Waals surface area contributed by atoms with Crippen molar-refractivity contribution in [2.45, 2.75) is 122 Å². The predicted octanol–water partition coefficient (Wildman–Crippen LogP) is -3.22. The first-order valence-electron chi connectivity index (χ1n) is 30.6. The zero-order chi connectivity index (χ0) is 81.3. The molecule has 14 atom stereocenters. The minimum Gasteiger partial charge on any atom is -0.481 e. The van der Waals surface area contributed by atoms with E-state index in [9.17, 15) is 125 Å². The Labute approximate surface area is 616 Å². The number of thioether (sulfide) groups is 2. The van der Waals surface area contributed by atoms with Crippen molar-refractivity contribution < 1.29 is 176 Å². The highest BCUT2D eigenvalue weighted by molar-refractivity contribution is 8.14. The van der Waals surface area contributed by atoms with Gasteiger partial charge in [-0.25, -0.2) is 57.3 Å². The molecule has 0 aliphatic carbocycles. The van der Waals surface area contributed by atoms with Crippen LogP contribution in [0.2, 0.25) is 0 Å². The number of ether oxygens (including phenoxy) is 2. The van der Waals surface area contributed by atoms with E-state index in [-0.39, 0.29) is 102 Å². The average Bonchev–Trinajstić information content (AvgIpc) is 1.62. The van der Waals surface area contributed by atoms with Crippen molar-refractivity contribution >= 4 is 150 Å². The third-order valence-electron chi connectivity index (χ3n) is 14.2. The maximum absolute atomic E-state index is 12.6. The van der Waals surface area contributed by atoms with Crippen molar-refractivity contribution in [3.63, 3.8) is 0 Å². The maximum atomic E-state index is 12.6. The first-order valence-corrected chi connectivity index (χ1v) is 41.6. The molecule has 6 heterocycles. The number of carbonyl (C=O) groups is 8. The number of phosphoric acid groups is 6. The van der Waals surface area contributed by atoms with Crippen molar-refractivity contribution in [2.75, 3.05) is 75.6 Å². The Morgan fingerprint density at radius 1 is 0.546 bits per heavy atom. The van der Waals surface area contributed by atoms with Gasteiger partial charge in [0.1, 0.15) is 84.7 Å². The molecule has 6 unspecified atom stereocenters. The van der Waals surface area contributed by atoms with Crippen LogP contribution in [-0.4, -0.2) is 262 Å². The number of hydrogen-bond acceptors (Lipinski definition) is 38. The number of amides is 4. The van der Waals surface area contributed by atoms with E-state index < -0.39 is 187 Å². The molecular formula is C49H78N14O37P6S2. The quantitative estimate of drug-likeness (QED) is 0.0118. The number of aliphatic carboxylic acids is 1. The lowest BCUT2D eigenvalue weighted by Crippen LogP contribution is -2.46. The molecule has 0 radical (unpaired) electrons. The Hall–Kier alpha value is -5.74. The number of carboxylic acids is 1. The van der Waals surface area contributed by atoms with Crippen LogP contribution in [0.4, 0.5) is 11.6 Å². The number of aliphatic hydroxyl groups excluding tert-OH is 4. The molecule has 108 heavy (non-hydrogen) atoms. The number of anilines is 2. The lowest BCUT2D eigenvalue weighted by Gasteiger charge is -2.30. The summed E-state index contributed by atoms with van der Waals surface area (Å²) in [7, 11) is -32.8. The van der Waals surface area contributed by atoms with E-state index in [1.807, 2.05) is 0 Å². The predicted molar refractivity (Wildman–Crippen MR) is 362 cm³/mol. The van der Waals surface area contributed by atoms with Crippen LogP contribution in [0, 0.1) is 10.8 Å². The van der Waals surface area contributed by atoms with Crippen molar-refractivity contribution in [1.82, 2.24) is 60.3 Å². The second-order valence-electron chi connectivity index (χ2n) is 24.0. The number of nitrogens with two attached hydrogens (primary N) is 2. The van der Waals surface area contributed by atoms with Crippen LogP contribution in [0.5, 0.6) is 0 Å². The normalized spacial score (nSPS) is 21.9. The van der Waals surface area contributed by atoms with Gasteiger partial charge in [0.05, 0.1) is 45.5 Å². The third kappa shape index (κ3) is 29.7. The fourth-order valence-electron chi connectivity index (χ4n) is 9.02. The molecule has 2 aliphatic rings. The highest BCUT2D eigenvalue weighted by atomic mass is 32.2. The molecule has 0 saturated carbocycles. The molecule has 0 bridgehead atoms. The summed E-state index contributed by atoms with van der Waals surface area (Å²) >= 11 is 1.60. The summed E-state index contributed by atoms with van der Waals surface area (Å²) in [6.07, 6.45) is -15.0. The highest BCUT2D eigenvalue weighted by Gasteiger charge is 2.53. The van der Waals surface area contributed by atoms with E-state index in [1.165, 1.54) is 34.6 Å². The molecule has 2 aliphatic heterocycles. The first kappa shape index (κ1) is 92.9. The summed E-state index contributed by atoms with van der Waals surface area (Å²) in [5.74, 6) is -4.40. The molecule has 4 aromatic heterocycles. The van der Waals surface area contributed by atoms with Crippen LogP contribution in [0.25, 0.3) is 22.3 Å². The van der Waals surface area contributed by atoms with Gasteiger partial charge in [-0.15, -0.1) is 0 Å². The van der Waals surface area contributed by atoms with E-state index in [2.05, 4.69) is 68.8 Å². The van der Waals surface area contributed by atoms with Crippen LogP contribution in [-0.2, 0) is 111 Å². The molecule has 0 spiro atoms. The third-order valence-corrected chi connectivity index (χ3v) is 22.2. The first-order chi connectivity index (χ1) is 49.8. The van der Waals surface area contributed by atoms with Crippen molar-refractivity contribution in [1.29, 1.82) is 0 Å². The topological polar surface area (TPSA) is 782 Å². The molecule has 4 amide bonds. The summed E-state index contributed by atoms with van der Waals surface area (Å²) in [4.78, 5) is 195. The number of aliphatic hydroxyl groups is 4. The number of hydrogen-bond donors (Lipinski definition) is 19. The van der Waals surface area contributed by atoms with Crippen LogP contribution in [0.3, 0.4) is 0 Å². The molecule has 51 nitrogen and oxygen atoms in total. The van der Waals surface area contributed by atoms with Gasteiger partial charge in [-0.3, -0.25) is 74.6 Å². The van der Waals surface area contributed by atoms with E-state index in [1.54, 1.807) is 0 Å². The monoisotopic (exact) mass is 1700 g/mol. The van der Waals surface area contributed by atoms with Gasteiger partial charge in [-0.2, -0.15) is 8.62 Å². The standard InChI is InChI=1S/C25H40N7O18P3S.C24H38N7O19P3S/c1-13(33)8-16(35)54-7-6-27-15(34)4-5-28-23(38)20(37)25(2,3)10-47-53(44,45)50-52(42,43)46-9-14-19(49-51(39,40)41)18(36)24(48-14)32-12-31-17-21(26)29-11-30-22(17)32;1-24(2,19(37)22(38)27-4-3-13(32)26-5-6-54-15(35)7-14(33)34)9-47-53(44,45)50-52(42,43)46-8-12-18(49-51(39,40)41)17(36)23(48-12)31-11-30-16-20(25)28-10-29-21(16)31/h11-12,14,18-20,24,36-37H,4-10H2,1-3H3,(H,27,34)(H,28,38)(H,42,43)(H,44,45)(H2,26,29,30)(H2,39,40,41);10-12,17-19,23,36-37H,3-9H2,1-2H3,(H,26,32)(H,27,38)(H,33,34)(H,42,43)(H,44,45)(H2,25,28,29)(H2,39,40,41)/t14-,18-,19-,20?,24-;12-,17-,18-,19?,23-/m11/s1. The molecule has 59 heteroatoms. The average molecular weight is 1710 g/mol. The molecule has 6 rings (SSSR count). The number of nitrogen functional groups attached to an aromatic ring is 2. The van der Waals surface area contributed by atoms with Gasteiger partial charge >= 0.3 is 52.9 Å². The smallest absolute Gasteiger partial charge is 0.481 e. The van der Waals surface area contributed by atoms with Crippen LogP contribution < -0.4 is 32.7 Å². The maximum Gasteiger partial charge on any atom is 0.481 e. The Kier molecular flexibility index (Phi) is 34.1. The molecule has 0 aromatic carbocycles. The number of rotatable bonds is 42. The number of Topliss-reactive ketones (excluding diaryl/α,β-unsaturated/α-hetero) is 1. The van der Waals surface area contributed by atoms with Crippen LogP contribution in [0.1, 0.15) is 72.8 Å². The van der Waals surface area contributed by atoms with Gasteiger partial charge in [0.25, 0.3) is 0 Å². The van der Waals surface area contributed by atoms with Crippen LogP contribution in [0.15, 0.2) is 25.3 Å². The van der Waals surface area contributed by atoms with Crippen LogP contribution >= 0.6 is 70.5 Å². The van der Waals surface area contributed by atoms with Gasteiger partial charge in [-0.1, -0.05) is 51.2 Å². The molecule has 2 saturated heterocycles. The summed E-state index contributed by atoms with van der Waals surface area (Å²) in [5, 5.41) is 59.8. The van der Waals surface area contributed by atoms with Crippen molar-refractivity contribution in [3.05, 3.63) is 25.3 Å². The Balaban J connectivity index is 0.000000387. The summed E-state index contributed by atoms with van der Waals surface area (Å²) in [6, 6.07) is 0. The minimum absolute atomic E-state index is 0.0185. The summed E-state index contributed by atoms with van der Waals surface area (Å²) in [5.41, 5.74) is 8.41. The molecule has 2 fully saturated rings. The lowest BCUT2D eigenvalue weighted by molar-refractivity contribution is -0.139. The number of nitrogens with zero attached hydrogens (tertiary/aromatic N) is 8. The number of ketones is 1. The van der Waals surface area contributed by atoms with E-state index in [4.69, 9.17) is 44.1 Å². The SMILES string of the molecule is CC(=O)CC(=O)SCCNC(=O)CCNC(=O)C(O)C(C)(C)COP(=O)(O)OP(=O)(O)OC[C@H]1O[C@@H](n2cnc3c(N)ncnc32)[C@H](O)[C@@H]1OP(=O)(O)O.CC(C)(COP(=O)(O)OP(=O)(O)OC[C@H]1O[C@@H](n2cnc3c(N)ncnc32)[C@H](O)[C@@H]1OP(=O)(O)O)C(O)C(=O)NCCC(=O)NCCSC(=O)CC(=O)O. The van der Waals surface area contributed by atoms with Crippen molar-refractivity contribution in [2.24, 2.45) is 10.8 Å². The Bertz CT molecular complexity index is 3910. The van der Waals surface area contributed by atoms with E-state index in [0.29, 0.717) is 0 Å². The number of aromatic nitrogens is 8. The van der Waals surface area contributed by atoms with Gasteiger partial charge in [0.15, 0.2) is 45.6 Å². The van der Waals surface area contributed by atoms with Gasteiger partial charge in [0, 0.05) is 61.4 Å². The van der Waals surface area contributed by atoms with Gasteiger partial charge in [0.2, 0.25) is 23.6 Å². The molecule has 21 N–H and O–H groups in total. The zero-order valence-electron chi connectivity index (χ0n) is 56.8. The minimum atomic E-state index is -5.59. The number of phosphoric ester groups is 6. The van der Waals surface area contributed by atoms with Gasteiger partial charge < -0.3 is 107 Å². The molecule has 4 aromatic rings. The van der Waals surface area contributed by atoms with Gasteiger partial charge in [-0.05, 0) is 6.92 Å². The fourth-order valence-corrected chi connectivity index (χ4v) is 16.1. The number of carboxylic acid groups (broad SMARTS) is 1. The zero-order valence-corrected chi connectivity index (χ0v) is 63.8. The highest BCUT2D eigenvalue weighted by Crippen LogP contribution is 2.63. The summed E-state index contributed by atoms with van der Waals surface area (Å²) < 4.78 is 124. The second-order valence-corrected chi connectivity index (χ2v) is 34.8. The molecule has 608 valence electrons. The van der Waals surface area contributed by atoms with Crippen molar-refractivity contribution in [3.8, 4) is 0 Å². The second kappa shape index (κ2) is 39.6. The van der Waals surface area contributed by atoms with E-state index in [0.717, 1.165) is 58.0 Å². The fraction of sp³-hybridized carbons (Fsp3) is 0.633. The summed E-state index contributed by atoms with van der Waals surface area (Å²) in [6.45, 7) is 1.71. The number of carbonyl (C=O) groups excluding carboxylic acids is 7. The Morgan fingerprint density at radius 2 is 0.898 bits per heavy atom.